The van der Waals surface area contributed by atoms with Gasteiger partial charge in [-0.3, -0.25) is 4.98 Å². The number of anilines is 1. The van der Waals surface area contributed by atoms with Gasteiger partial charge >= 0.3 is 0 Å². The van der Waals surface area contributed by atoms with Crippen LogP contribution in [-0.2, 0) is 6.42 Å². The molecule has 1 N–H and O–H groups in total. The molecule has 1 aromatic heterocycles. The smallest absolute Gasteiger partial charge is 0.0726 e. The maximum absolute atomic E-state index is 4.75. The summed E-state index contributed by atoms with van der Waals surface area (Å²) in [5.41, 5.74) is 4.91. The van der Waals surface area contributed by atoms with Crippen molar-refractivity contribution in [2.24, 2.45) is 0 Å². The molecule has 1 heterocycles. The molecular weight excluding hydrogens is 244 g/mol. The highest BCUT2D eigenvalue weighted by Crippen LogP contribution is 2.28. The molecule has 0 saturated heterocycles. The van der Waals surface area contributed by atoms with Crippen LogP contribution >= 0.6 is 0 Å². The molecule has 0 radical (unpaired) electrons. The number of aromatic nitrogens is 1. The third-order valence-electron chi connectivity index (χ3n) is 3.99. The number of hydrogen-bond acceptors (Lipinski definition) is 2. The molecule has 1 unspecified atom stereocenters. The van der Waals surface area contributed by atoms with E-state index in [4.69, 9.17) is 4.98 Å². The number of nitrogens with one attached hydrogen (secondary N) is 1. The Hall–Kier alpha value is -1.57. The van der Waals surface area contributed by atoms with Crippen LogP contribution in [0.25, 0.3) is 10.9 Å². The van der Waals surface area contributed by atoms with Crippen molar-refractivity contribution in [3.63, 3.8) is 0 Å². The van der Waals surface area contributed by atoms with Crippen molar-refractivity contribution in [3.05, 3.63) is 35.5 Å². The Kier molecular flexibility index (Phi) is 4.99. The first kappa shape index (κ1) is 14.8. The summed E-state index contributed by atoms with van der Waals surface area (Å²) >= 11 is 0. The lowest BCUT2D eigenvalue weighted by atomic mass is 9.96. The minimum absolute atomic E-state index is 0.601. The summed E-state index contributed by atoms with van der Waals surface area (Å²) in [6.07, 6.45) is 3.28. The molecule has 0 fully saturated rings. The normalized spacial score (nSPS) is 12.6. The molecule has 2 rings (SSSR count). The standard InChI is InChI=1S/C18H26N2/c1-5-10-19-18-12-15(7-3)20-17-9-8-14(11-16(17)18)13(4)6-2/h8-9,11-13H,5-7,10H2,1-4H3,(H,19,20). The lowest BCUT2D eigenvalue weighted by Gasteiger charge is -2.14. The SMILES string of the molecule is CCCNc1cc(CC)nc2ccc(C(C)CC)cc12. The van der Waals surface area contributed by atoms with Crippen LogP contribution in [0.1, 0.15) is 57.7 Å². The van der Waals surface area contributed by atoms with Gasteiger partial charge in [0.05, 0.1) is 5.52 Å². The number of nitrogens with zero attached hydrogens (tertiary/aromatic N) is 1. The molecule has 0 aliphatic rings. The molecule has 0 amide bonds. The van der Waals surface area contributed by atoms with Crippen LogP contribution in [0.5, 0.6) is 0 Å². The molecule has 0 spiro atoms. The van der Waals surface area contributed by atoms with Gasteiger partial charge in [-0.05, 0) is 48.9 Å². The third-order valence-corrected chi connectivity index (χ3v) is 3.99. The van der Waals surface area contributed by atoms with E-state index in [2.05, 4.69) is 57.3 Å². The second-order valence-electron chi connectivity index (χ2n) is 5.53. The van der Waals surface area contributed by atoms with Gasteiger partial charge < -0.3 is 5.32 Å². The lowest BCUT2D eigenvalue weighted by Crippen LogP contribution is -2.03. The van der Waals surface area contributed by atoms with E-state index in [0.717, 1.165) is 30.6 Å². The Morgan fingerprint density at radius 1 is 1.15 bits per heavy atom. The topological polar surface area (TPSA) is 24.9 Å². The highest BCUT2D eigenvalue weighted by molar-refractivity contribution is 5.92. The summed E-state index contributed by atoms with van der Waals surface area (Å²) in [6.45, 7) is 9.89. The number of fused-ring (bicyclic) bond motifs is 1. The molecule has 0 bridgehead atoms. The van der Waals surface area contributed by atoms with Gasteiger partial charge in [0.2, 0.25) is 0 Å². The van der Waals surface area contributed by atoms with Crippen molar-refractivity contribution in [1.82, 2.24) is 4.98 Å². The van der Waals surface area contributed by atoms with E-state index < -0.39 is 0 Å². The van der Waals surface area contributed by atoms with E-state index >= 15 is 0 Å². The molecule has 0 aliphatic heterocycles. The number of rotatable bonds is 6. The lowest BCUT2D eigenvalue weighted by molar-refractivity contribution is 0.734. The molecular formula is C18H26N2. The average Bonchev–Trinajstić information content (AvgIpc) is 2.50. The van der Waals surface area contributed by atoms with E-state index in [0.29, 0.717) is 5.92 Å². The Labute approximate surface area is 122 Å². The monoisotopic (exact) mass is 270 g/mol. The van der Waals surface area contributed by atoms with Crippen molar-refractivity contribution >= 4 is 16.6 Å². The molecule has 2 heteroatoms. The first-order chi connectivity index (χ1) is 9.69. The zero-order valence-electron chi connectivity index (χ0n) is 13.2. The predicted molar refractivity (Wildman–Crippen MR) is 88.6 cm³/mol. The number of aryl methyl sites for hydroxylation is 1. The summed E-state index contributed by atoms with van der Waals surface area (Å²) in [4.78, 5) is 4.75. The van der Waals surface area contributed by atoms with Gasteiger partial charge in [-0.15, -0.1) is 0 Å². The average molecular weight is 270 g/mol. The van der Waals surface area contributed by atoms with Crippen LogP contribution in [0.3, 0.4) is 0 Å². The summed E-state index contributed by atoms with van der Waals surface area (Å²) in [7, 11) is 0. The third kappa shape index (κ3) is 3.12. The summed E-state index contributed by atoms with van der Waals surface area (Å²) < 4.78 is 0. The van der Waals surface area contributed by atoms with Gasteiger partial charge in [0.15, 0.2) is 0 Å². The summed E-state index contributed by atoms with van der Waals surface area (Å²) in [6, 6.07) is 8.92. The van der Waals surface area contributed by atoms with Crippen LogP contribution in [0.15, 0.2) is 24.3 Å². The first-order valence-corrected chi connectivity index (χ1v) is 7.87. The van der Waals surface area contributed by atoms with Crippen molar-refractivity contribution in [2.75, 3.05) is 11.9 Å². The van der Waals surface area contributed by atoms with Gasteiger partial charge in [-0.25, -0.2) is 0 Å². The van der Waals surface area contributed by atoms with E-state index in [-0.39, 0.29) is 0 Å². The largest absolute Gasteiger partial charge is 0.384 e. The predicted octanol–water partition coefficient (Wildman–Crippen LogP) is 5.13. The molecule has 2 aromatic rings. The fourth-order valence-electron chi connectivity index (χ4n) is 2.43. The second-order valence-corrected chi connectivity index (χ2v) is 5.53. The molecule has 20 heavy (non-hydrogen) atoms. The fourth-order valence-corrected chi connectivity index (χ4v) is 2.43. The molecule has 0 saturated carbocycles. The molecule has 108 valence electrons. The maximum Gasteiger partial charge on any atom is 0.0726 e. The van der Waals surface area contributed by atoms with Gasteiger partial charge in [0.1, 0.15) is 0 Å². The van der Waals surface area contributed by atoms with Crippen LogP contribution < -0.4 is 5.32 Å². The first-order valence-electron chi connectivity index (χ1n) is 7.87. The molecule has 1 atom stereocenters. The van der Waals surface area contributed by atoms with Crippen LogP contribution in [0.2, 0.25) is 0 Å². The zero-order chi connectivity index (χ0) is 14.5. The van der Waals surface area contributed by atoms with Gasteiger partial charge in [0, 0.05) is 23.3 Å². The fraction of sp³-hybridized carbons (Fsp3) is 0.500. The van der Waals surface area contributed by atoms with Gasteiger partial charge in [0.25, 0.3) is 0 Å². The Morgan fingerprint density at radius 2 is 1.95 bits per heavy atom. The van der Waals surface area contributed by atoms with Gasteiger partial charge in [-0.1, -0.05) is 33.8 Å². The van der Waals surface area contributed by atoms with E-state index in [1.165, 1.54) is 23.1 Å². The minimum atomic E-state index is 0.601. The summed E-state index contributed by atoms with van der Waals surface area (Å²) in [5.74, 6) is 0.601. The molecule has 1 aromatic carbocycles. The Morgan fingerprint density at radius 3 is 2.60 bits per heavy atom. The van der Waals surface area contributed by atoms with E-state index in [1.54, 1.807) is 0 Å². The Bertz CT molecular complexity index is 575. The summed E-state index contributed by atoms with van der Waals surface area (Å²) in [5, 5.41) is 4.81. The number of pyridine rings is 1. The van der Waals surface area contributed by atoms with Crippen molar-refractivity contribution in [3.8, 4) is 0 Å². The van der Waals surface area contributed by atoms with E-state index in [9.17, 15) is 0 Å². The molecule has 0 aliphatic carbocycles. The number of hydrogen-bond donors (Lipinski definition) is 1. The van der Waals surface area contributed by atoms with Gasteiger partial charge in [-0.2, -0.15) is 0 Å². The maximum atomic E-state index is 4.75. The Balaban J connectivity index is 2.52. The highest BCUT2D eigenvalue weighted by atomic mass is 14.9. The van der Waals surface area contributed by atoms with Crippen LogP contribution in [-0.4, -0.2) is 11.5 Å². The van der Waals surface area contributed by atoms with Crippen LogP contribution in [0, 0.1) is 0 Å². The second kappa shape index (κ2) is 6.74. The highest BCUT2D eigenvalue weighted by Gasteiger charge is 2.09. The van der Waals surface area contributed by atoms with Crippen molar-refractivity contribution < 1.29 is 0 Å². The minimum Gasteiger partial charge on any atom is -0.384 e. The van der Waals surface area contributed by atoms with Crippen molar-refractivity contribution in [1.29, 1.82) is 0 Å². The molecule has 2 nitrogen and oxygen atoms in total. The zero-order valence-corrected chi connectivity index (χ0v) is 13.2. The van der Waals surface area contributed by atoms with Crippen molar-refractivity contribution in [2.45, 2.75) is 52.9 Å². The van der Waals surface area contributed by atoms with E-state index in [1.807, 2.05) is 0 Å². The number of benzene rings is 1. The quantitative estimate of drug-likeness (QED) is 0.786. The van der Waals surface area contributed by atoms with Crippen LogP contribution in [0.4, 0.5) is 5.69 Å².